The molecule has 3 N–H and O–H groups in total. The first-order valence-electron chi connectivity index (χ1n) is 12.1. The number of aromatic nitrogens is 1. The van der Waals surface area contributed by atoms with Crippen molar-refractivity contribution in [3.8, 4) is 5.75 Å². The van der Waals surface area contributed by atoms with Gasteiger partial charge in [0.1, 0.15) is 12.4 Å². The summed E-state index contributed by atoms with van der Waals surface area (Å²) in [5.41, 5.74) is 5.21. The van der Waals surface area contributed by atoms with Crippen molar-refractivity contribution in [3.05, 3.63) is 84.3 Å². The Morgan fingerprint density at radius 3 is 2.65 bits per heavy atom. The number of piperidine rings is 1. The first kappa shape index (κ1) is 24.3. The number of carbonyl (C=O) groups is 2. The van der Waals surface area contributed by atoms with Crippen LogP contribution >= 0.6 is 0 Å². The summed E-state index contributed by atoms with van der Waals surface area (Å²) in [4.78, 5) is 31.9. The fourth-order valence-corrected chi connectivity index (χ4v) is 4.81. The minimum Gasteiger partial charge on any atom is -0.489 e. The molecule has 0 aliphatic carbocycles. The number of amides is 2. The first-order valence-corrected chi connectivity index (χ1v) is 12.1. The molecule has 1 saturated heterocycles. The molecule has 2 aromatic carbocycles. The van der Waals surface area contributed by atoms with Gasteiger partial charge in [-0.1, -0.05) is 18.2 Å². The number of aryl methyl sites for hydroxylation is 1. The van der Waals surface area contributed by atoms with Crippen molar-refractivity contribution in [3.63, 3.8) is 0 Å². The van der Waals surface area contributed by atoms with Crippen LogP contribution in [0.4, 0.5) is 11.6 Å². The highest BCUT2D eigenvalue weighted by Crippen LogP contribution is 2.30. The van der Waals surface area contributed by atoms with Crippen LogP contribution in [0.5, 0.6) is 5.75 Å². The SMILES string of the molecule is Cc1cc(COc2ccc(NC(=O)[C@H]3CCN(c4ccco4)C[C@@H]3C(=O)NO)cc2)c2ccccc2n1. The second-order valence-corrected chi connectivity index (χ2v) is 9.12. The van der Waals surface area contributed by atoms with Crippen molar-refractivity contribution in [1.82, 2.24) is 10.5 Å². The number of furan rings is 1. The number of nitrogens with zero attached hydrogens (tertiary/aromatic N) is 2. The Hall–Kier alpha value is -4.37. The van der Waals surface area contributed by atoms with Crippen molar-refractivity contribution in [2.75, 3.05) is 23.3 Å². The van der Waals surface area contributed by atoms with Gasteiger partial charge in [0.15, 0.2) is 5.88 Å². The number of anilines is 2. The molecule has 2 atom stereocenters. The van der Waals surface area contributed by atoms with E-state index in [2.05, 4.69) is 10.3 Å². The van der Waals surface area contributed by atoms with Gasteiger partial charge in [0.2, 0.25) is 11.8 Å². The Morgan fingerprint density at radius 2 is 1.89 bits per heavy atom. The van der Waals surface area contributed by atoms with Gasteiger partial charge in [-0.15, -0.1) is 0 Å². The Balaban J connectivity index is 1.22. The van der Waals surface area contributed by atoms with Gasteiger partial charge >= 0.3 is 0 Å². The highest BCUT2D eigenvalue weighted by molar-refractivity contribution is 5.96. The molecule has 1 fully saturated rings. The topological polar surface area (TPSA) is 117 Å². The highest BCUT2D eigenvalue weighted by Gasteiger charge is 2.39. The average molecular weight is 501 g/mol. The second-order valence-electron chi connectivity index (χ2n) is 9.12. The van der Waals surface area contributed by atoms with Crippen LogP contribution in [0.1, 0.15) is 17.7 Å². The molecule has 1 aliphatic rings. The largest absolute Gasteiger partial charge is 0.489 e. The molecule has 37 heavy (non-hydrogen) atoms. The zero-order valence-electron chi connectivity index (χ0n) is 20.4. The molecule has 0 radical (unpaired) electrons. The predicted octanol–water partition coefficient (Wildman–Crippen LogP) is 4.30. The van der Waals surface area contributed by atoms with Crippen molar-refractivity contribution in [2.24, 2.45) is 11.8 Å². The van der Waals surface area contributed by atoms with Gasteiger partial charge in [-0.3, -0.25) is 19.8 Å². The molecule has 0 unspecified atom stereocenters. The summed E-state index contributed by atoms with van der Waals surface area (Å²) in [5.74, 6) is -0.914. The monoisotopic (exact) mass is 500 g/mol. The molecule has 2 amide bonds. The van der Waals surface area contributed by atoms with E-state index in [0.717, 1.165) is 22.2 Å². The molecule has 4 aromatic rings. The Morgan fingerprint density at radius 1 is 1.08 bits per heavy atom. The van der Waals surface area contributed by atoms with Gasteiger partial charge in [-0.25, -0.2) is 5.48 Å². The van der Waals surface area contributed by atoms with E-state index in [0.29, 0.717) is 36.9 Å². The number of fused-ring (bicyclic) bond motifs is 1. The van der Waals surface area contributed by atoms with E-state index in [4.69, 9.17) is 9.15 Å². The molecule has 2 aromatic heterocycles. The molecule has 5 rings (SSSR count). The summed E-state index contributed by atoms with van der Waals surface area (Å²) in [5, 5.41) is 13.2. The molecule has 0 bridgehead atoms. The quantitative estimate of drug-likeness (QED) is 0.256. The third-order valence-electron chi connectivity index (χ3n) is 6.66. The molecule has 190 valence electrons. The van der Waals surface area contributed by atoms with Crippen molar-refractivity contribution >= 4 is 34.3 Å². The van der Waals surface area contributed by atoms with Gasteiger partial charge in [0.05, 0.1) is 23.6 Å². The lowest BCUT2D eigenvalue weighted by Crippen LogP contribution is -2.50. The lowest BCUT2D eigenvalue weighted by molar-refractivity contribution is -0.139. The number of hydroxylamine groups is 1. The van der Waals surface area contributed by atoms with E-state index in [-0.39, 0.29) is 12.5 Å². The summed E-state index contributed by atoms with van der Waals surface area (Å²) in [6.45, 7) is 3.16. The third-order valence-corrected chi connectivity index (χ3v) is 6.66. The lowest BCUT2D eigenvalue weighted by Gasteiger charge is -2.36. The van der Waals surface area contributed by atoms with Crippen LogP contribution in [-0.2, 0) is 16.2 Å². The van der Waals surface area contributed by atoms with Crippen LogP contribution in [-0.4, -0.2) is 35.1 Å². The Kier molecular flexibility index (Phi) is 7.04. The second kappa shape index (κ2) is 10.7. The molecule has 9 nitrogen and oxygen atoms in total. The number of carbonyl (C=O) groups excluding carboxylic acids is 2. The number of nitrogens with one attached hydrogen (secondary N) is 2. The van der Waals surface area contributed by atoms with Crippen LogP contribution in [0.3, 0.4) is 0 Å². The number of hydrogen-bond donors (Lipinski definition) is 3. The van der Waals surface area contributed by atoms with Crippen LogP contribution in [0.25, 0.3) is 10.9 Å². The normalized spacial score (nSPS) is 17.4. The third kappa shape index (κ3) is 5.41. The summed E-state index contributed by atoms with van der Waals surface area (Å²) >= 11 is 0. The van der Waals surface area contributed by atoms with E-state index >= 15 is 0 Å². The van der Waals surface area contributed by atoms with Gasteiger partial charge in [-0.2, -0.15) is 0 Å². The van der Waals surface area contributed by atoms with E-state index in [9.17, 15) is 14.8 Å². The minimum atomic E-state index is -0.731. The number of para-hydroxylation sites is 1. The first-order chi connectivity index (χ1) is 18.0. The van der Waals surface area contributed by atoms with Gasteiger partial charge in [-0.05, 0) is 55.8 Å². The van der Waals surface area contributed by atoms with E-state index in [1.165, 1.54) is 0 Å². The lowest BCUT2D eigenvalue weighted by atomic mass is 9.84. The fraction of sp³-hybridized carbons (Fsp3) is 0.250. The number of rotatable bonds is 7. The minimum absolute atomic E-state index is 0.258. The molecule has 3 heterocycles. The maximum absolute atomic E-state index is 13.1. The molecular formula is C28H28N4O5. The predicted molar refractivity (Wildman–Crippen MR) is 138 cm³/mol. The van der Waals surface area contributed by atoms with Crippen LogP contribution in [0.2, 0.25) is 0 Å². The standard InChI is InChI=1S/C28H28N4O5/c1-18-15-19(22-5-2-3-6-25(22)29-18)17-37-21-10-8-20(9-11-21)30-27(33)23-12-13-32(26-7-4-14-36-26)16-24(23)28(34)31-35/h2-11,14-15,23-24,35H,12-13,16-17H2,1H3,(H,30,33)(H,31,34)/t23-,24-/m0/s1. The highest BCUT2D eigenvalue weighted by atomic mass is 16.5. The fourth-order valence-electron chi connectivity index (χ4n) is 4.81. The number of hydrogen-bond acceptors (Lipinski definition) is 7. The van der Waals surface area contributed by atoms with E-state index < -0.39 is 17.7 Å². The summed E-state index contributed by atoms with van der Waals surface area (Å²) in [7, 11) is 0. The van der Waals surface area contributed by atoms with Crippen LogP contribution < -0.4 is 20.4 Å². The number of benzene rings is 2. The van der Waals surface area contributed by atoms with Crippen LogP contribution in [0.15, 0.2) is 77.4 Å². The van der Waals surface area contributed by atoms with E-state index in [1.807, 2.05) is 42.2 Å². The van der Waals surface area contributed by atoms with Crippen molar-refractivity contribution in [2.45, 2.75) is 20.0 Å². The van der Waals surface area contributed by atoms with Gasteiger partial charge in [0.25, 0.3) is 0 Å². The average Bonchev–Trinajstić information content (AvgIpc) is 3.47. The maximum atomic E-state index is 13.1. The van der Waals surface area contributed by atoms with E-state index in [1.54, 1.807) is 48.1 Å². The van der Waals surface area contributed by atoms with Gasteiger partial charge < -0.3 is 19.4 Å². The van der Waals surface area contributed by atoms with Crippen molar-refractivity contribution in [1.29, 1.82) is 0 Å². The Bertz CT molecular complexity index is 1390. The zero-order chi connectivity index (χ0) is 25.8. The molecule has 1 aliphatic heterocycles. The molecular weight excluding hydrogens is 472 g/mol. The van der Waals surface area contributed by atoms with Gasteiger partial charge in [0, 0.05) is 41.5 Å². The molecule has 9 heteroatoms. The van der Waals surface area contributed by atoms with Crippen molar-refractivity contribution < 1.29 is 24.0 Å². The number of ether oxygens (including phenoxy) is 1. The molecule has 0 saturated carbocycles. The zero-order valence-corrected chi connectivity index (χ0v) is 20.4. The summed E-state index contributed by atoms with van der Waals surface area (Å²) in [6.07, 6.45) is 1.99. The maximum Gasteiger partial charge on any atom is 0.249 e. The summed E-state index contributed by atoms with van der Waals surface area (Å²) in [6, 6.07) is 20.7. The number of pyridine rings is 1. The molecule has 0 spiro atoms. The smallest absolute Gasteiger partial charge is 0.249 e. The summed E-state index contributed by atoms with van der Waals surface area (Å²) < 4.78 is 11.4. The Labute approximate surface area is 214 Å². The van der Waals surface area contributed by atoms with Crippen LogP contribution in [0, 0.1) is 18.8 Å².